The number of likely N-dealkylation sites (tertiary alicyclic amines) is 1. The number of carbonyl (C=O) groups is 1. The molecule has 1 aliphatic heterocycles. The molecule has 2 rings (SSSR count). The van der Waals surface area contributed by atoms with E-state index in [2.05, 4.69) is 13.8 Å². The van der Waals surface area contributed by atoms with Gasteiger partial charge in [0.05, 0.1) is 0 Å². The van der Waals surface area contributed by atoms with Crippen LogP contribution in [0.1, 0.15) is 39.5 Å². The predicted octanol–water partition coefficient (Wildman–Crippen LogP) is 2.90. The van der Waals surface area contributed by atoms with Crippen LogP contribution in [0.4, 0.5) is 0 Å². The third-order valence-electron chi connectivity index (χ3n) is 4.37. The second-order valence-electron chi connectivity index (χ2n) is 6.03. The summed E-state index contributed by atoms with van der Waals surface area (Å²) < 4.78 is 0. The van der Waals surface area contributed by atoms with Crippen LogP contribution in [0, 0.1) is 17.3 Å². The zero-order chi connectivity index (χ0) is 11.8. The molecular weight excluding hydrogens is 222 g/mol. The first kappa shape index (κ1) is 12.2. The van der Waals surface area contributed by atoms with Gasteiger partial charge in [-0.15, -0.1) is 11.6 Å². The zero-order valence-corrected chi connectivity index (χ0v) is 11.1. The standard InChI is InChI=1S/C13H22ClNO/c1-13(2)6-3-4-11(13)12(16)15-7-5-10(8-14)9-15/h10-11H,3-9H2,1-2H3. The van der Waals surface area contributed by atoms with Crippen LogP contribution in [-0.2, 0) is 4.79 Å². The highest BCUT2D eigenvalue weighted by molar-refractivity contribution is 6.18. The number of hydrogen-bond acceptors (Lipinski definition) is 1. The molecule has 2 atom stereocenters. The normalized spacial score (nSPS) is 33.3. The Morgan fingerprint density at radius 2 is 2.19 bits per heavy atom. The molecule has 2 unspecified atom stereocenters. The van der Waals surface area contributed by atoms with Crippen LogP contribution in [0.3, 0.4) is 0 Å². The molecule has 0 radical (unpaired) electrons. The van der Waals surface area contributed by atoms with E-state index in [0.717, 1.165) is 25.9 Å². The van der Waals surface area contributed by atoms with Crippen molar-refractivity contribution in [2.45, 2.75) is 39.5 Å². The number of amides is 1. The summed E-state index contributed by atoms with van der Waals surface area (Å²) in [7, 11) is 0. The molecule has 2 aliphatic rings. The molecule has 0 aromatic carbocycles. The van der Waals surface area contributed by atoms with Crippen molar-refractivity contribution in [2.75, 3.05) is 19.0 Å². The van der Waals surface area contributed by atoms with Gasteiger partial charge in [-0.1, -0.05) is 20.3 Å². The van der Waals surface area contributed by atoms with E-state index in [1.165, 1.54) is 12.8 Å². The zero-order valence-electron chi connectivity index (χ0n) is 10.3. The first-order chi connectivity index (χ1) is 7.54. The Labute approximate surface area is 103 Å². The summed E-state index contributed by atoms with van der Waals surface area (Å²) in [6, 6.07) is 0. The van der Waals surface area contributed by atoms with Crippen molar-refractivity contribution in [1.29, 1.82) is 0 Å². The molecule has 3 heteroatoms. The topological polar surface area (TPSA) is 20.3 Å². The van der Waals surface area contributed by atoms with Crippen LogP contribution in [0.2, 0.25) is 0 Å². The lowest BCUT2D eigenvalue weighted by molar-refractivity contribution is -0.137. The van der Waals surface area contributed by atoms with Gasteiger partial charge in [-0.25, -0.2) is 0 Å². The Bertz CT molecular complexity index is 277. The van der Waals surface area contributed by atoms with Crippen molar-refractivity contribution in [3.8, 4) is 0 Å². The summed E-state index contributed by atoms with van der Waals surface area (Å²) in [4.78, 5) is 14.5. The third-order valence-corrected chi connectivity index (χ3v) is 4.81. The van der Waals surface area contributed by atoms with Gasteiger partial charge in [-0.2, -0.15) is 0 Å². The molecule has 0 spiro atoms. The van der Waals surface area contributed by atoms with Crippen LogP contribution in [0.15, 0.2) is 0 Å². The Morgan fingerprint density at radius 3 is 2.69 bits per heavy atom. The molecule has 0 aromatic rings. The van der Waals surface area contributed by atoms with E-state index in [9.17, 15) is 4.79 Å². The van der Waals surface area contributed by atoms with Crippen LogP contribution in [0.25, 0.3) is 0 Å². The van der Waals surface area contributed by atoms with E-state index in [0.29, 0.717) is 17.7 Å². The van der Waals surface area contributed by atoms with E-state index in [1.807, 2.05) is 4.90 Å². The van der Waals surface area contributed by atoms with Crippen LogP contribution in [0.5, 0.6) is 0 Å². The van der Waals surface area contributed by atoms with Crippen molar-refractivity contribution in [3.63, 3.8) is 0 Å². The number of alkyl halides is 1. The van der Waals surface area contributed by atoms with E-state index in [-0.39, 0.29) is 11.3 Å². The van der Waals surface area contributed by atoms with Crippen LogP contribution in [-0.4, -0.2) is 29.8 Å². The average Bonchev–Trinajstić information content (AvgIpc) is 2.82. The van der Waals surface area contributed by atoms with Gasteiger partial charge in [-0.05, 0) is 30.6 Å². The van der Waals surface area contributed by atoms with Gasteiger partial charge >= 0.3 is 0 Å². The molecule has 1 amide bonds. The summed E-state index contributed by atoms with van der Waals surface area (Å²) in [5, 5.41) is 0. The molecule has 2 nitrogen and oxygen atoms in total. The van der Waals surface area contributed by atoms with Gasteiger partial charge in [0.1, 0.15) is 0 Å². The maximum Gasteiger partial charge on any atom is 0.226 e. The van der Waals surface area contributed by atoms with Gasteiger partial charge < -0.3 is 4.90 Å². The van der Waals surface area contributed by atoms with Crippen molar-refractivity contribution in [1.82, 2.24) is 4.90 Å². The Kier molecular flexibility index (Phi) is 3.48. The Balaban J connectivity index is 1.98. The molecular formula is C13H22ClNO. The number of halogens is 1. The third kappa shape index (κ3) is 2.22. The monoisotopic (exact) mass is 243 g/mol. The molecule has 1 heterocycles. The van der Waals surface area contributed by atoms with E-state index >= 15 is 0 Å². The summed E-state index contributed by atoms with van der Waals surface area (Å²) in [6.45, 7) is 6.27. The minimum Gasteiger partial charge on any atom is -0.342 e. The number of carbonyl (C=O) groups excluding carboxylic acids is 1. The van der Waals surface area contributed by atoms with E-state index in [1.54, 1.807) is 0 Å². The van der Waals surface area contributed by atoms with Gasteiger partial charge in [0.2, 0.25) is 5.91 Å². The van der Waals surface area contributed by atoms with Crippen molar-refractivity contribution in [2.24, 2.45) is 17.3 Å². The number of rotatable bonds is 2. The lowest BCUT2D eigenvalue weighted by Crippen LogP contribution is -2.38. The smallest absolute Gasteiger partial charge is 0.226 e. The average molecular weight is 244 g/mol. The largest absolute Gasteiger partial charge is 0.342 e. The van der Waals surface area contributed by atoms with E-state index in [4.69, 9.17) is 11.6 Å². The Morgan fingerprint density at radius 1 is 1.44 bits per heavy atom. The summed E-state index contributed by atoms with van der Waals surface area (Å²) >= 11 is 5.86. The molecule has 1 saturated heterocycles. The van der Waals surface area contributed by atoms with Crippen molar-refractivity contribution >= 4 is 17.5 Å². The molecule has 0 N–H and O–H groups in total. The summed E-state index contributed by atoms with van der Waals surface area (Å²) in [6.07, 6.45) is 4.56. The molecule has 92 valence electrons. The quantitative estimate of drug-likeness (QED) is 0.683. The van der Waals surface area contributed by atoms with Gasteiger partial charge in [0.25, 0.3) is 0 Å². The van der Waals surface area contributed by atoms with E-state index < -0.39 is 0 Å². The second-order valence-corrected chi connectivity index (χ2v) is 6.34. The molecule has 1 aliphatic carbocycles. The molecule has 1 saturated carbocycles. The second kappa shape index (κ2) is 4.56. The fourth-order valence-electron chi connectivity index (χ4n) is 3.16. The van der Waals surface area contributed by atoms with Gasteiger partial charge in [0.15, 0.2) is 0 Å². The fraction of sp³-hybridized carbons (Fsp3) is 0.923. The van der Waals surface area contributed by atoms with Crippen LogP contribution < -0.4 is 0 Å². The highest BCUT2D eigenvalue weighted by Crippen LogP contribution is 2.43. The number of hydrogen-bond donors (Lipinski definition) is 0. The van der Waals surface area contributed by atoms with Gasteiger partial charge in [-0.3, -0.25) is 4.79 Å². The lowest BCUT2D eigenvalue weighted by Gasteiger charge is -2.30. The summed E-state index contributed by atoms with van der Waals surface area (Å²) in [5.41, 5.74) is 0.204. The summed E-state index contributed by atoms with van der Waals surface area (Å²) in [5.74, 6) is 1.85. The maximum atomic E-state index is 12.4. The molecule has 0 bridgehead atoms. The Hall–Kier alpha value is -0.240. The number of nitrogens with zero attached hydrogens (tertiary/aromatic N) is 1. The highest BCUT2D eigenvalue weighted by Gasteiger charge is 2.42. The first-order valence-corrected chi connectivity index (χ1v) is 6.93. The minimum atomic E-state index is 0.204. The van der Waals surface area contributed by atoms with Crippen molar-refractivity contribution < 1.29 is 4.79 Å². The van der Waals surface area contributed by atoms with Gasteiger partial charge in [0, 0.05) is 24.9 Å². The highest BCUT2D eigenvalue weighted by atomic mass is 35.5. The maximum absolute atomic E-state index is 12.4. The van der Waals surface area contributed by atoms with Crippen molar-refractivity contribution in [3.05, 3.63) is 0 Å². The fourth-order valence-corrected chi connectivity index (χ4v) is 3.42. The molecule has 2 fully saturated rings. The molecule has 16 heavy (non-hydrogen) atoms. The molecule has 0 aromatic heterocycles. The van der Waals surface area contributed by atoms with Crippen LogP contribution >= 0.6 is 11.6 Å². The predicted molar refractivity (Wildman–Crippen MR) is 66.5 cm³/mol. The SMILES string of the molecule is CC1(C)CCCC1C(=O)N1CCC(CCl)C1. The first-order valence-electron chi connectivity index (χ1n) is 6.39. The lowest BCUT2D eigenvalue weighted by atomic mass is 9.81. The minimum absolute atomic E-state index is 0.204.